The highest BCUT2D eigenvalue weighted by Crippen LogP contribution is 2.21. The summed E-state index contributed by atoms with van der Waals surface area (Å²) >= 11 is 1.91. The lowest BCUT2D eigenvalue weighted by Crippen LogP contribution is -2.46. The largest absolute Gasteiger partial charge is 0.444 e. The molecule has 0 saturated carbocycles. The number of rotatable bonds is 5. The molecule has 0 aromatic heterocycles. The SMILES string of the molecule is CC(C)(C)OC(=O)NCC(C)(CI)OCC(F)(F)F. The van der Waals surface area contributed by atoms with Gasteiger partial charge in [0.15, 0.2) is 0 Å². The first-order valence-corrected chi connectivity index (χ1v) is 7.13. The number of amides is 1. The van der Waals surface area contributed by atoms with E-state index in [4.69, 9.17) is 9.47 Å². The molecule has 0 radical (unpaired) electrons. The Morgan fingerprint density at radius 3 is 2.11 bits per heavy atom. The minimum atomic E-state index is -4.39. The second-order valence-electron chi connectivity index (χ2n) is 5.34. The fraction of sp³-hybridized carbons (Fsp3) is 0.909. The lowest BCUT2D eigenvalue weighted by atomic mass is 10.1. The second-order valence-corrected chi connectivity index (χ2v) is 6.11. The molecule has 0 fully saturated rings. The first-order valence-electron chi connectivity index (χ1n) is 5.60. The van der Waals surface area contributed by atoms with Gasteiger partial charge in [0.1, 0.15) is 12.2 Å². The van der Waals surface area contributed by atoms with Crippen molar-refractivity contribution >= 4 is 28.7 Å². The number of halogens is 4. The van der Waals surface area contributed by atoms with E-state index in [0.717, 1.165) is 0 Å². The third-order valence-corrected chi connectivity index (χ3v) is 3.49. The maximum Gasteiger partial charge on any atom is 0.411 e. The van der Waals surface area contributed by atoms with Crippen molar-refractivity contribution in [2.24, 2.45) is 0 Å². The fourth-order valence-electron chi connectivity index (χ4n) is 0.966. The third-order valence-electron chi connectivity index (χ3n) is 1.87. The van der Waals surface area contributed by atoms with Crippen LogP contribution in [0.1, 0.15) is 27.7 Å². The molecule has 0 aliphatic carbocycles. The topological polar surface area (TPSA) is 47.6 Å². The van der Waals surface area contributed by atoms with Gasteiger partial charge in [-0.25, -0.2) is 4.79 Å². The maximum atomic E-state index is 12.1. The molecule has 114 valence electrons. The zero-order valence-electron chi connectivity index (χ0n) is 11.4. The van der Waals surface area contributed by atoms with E-state index in [-0.39, 0.29) is 6.54 Å². The minimum Gasteiger partial charge on any atom is -0.444 e. The summed E-state index contributed by atoms with van der Waals surface area (Å²) < 4.78 is 46.4. The van der Waals surface area contributed by atoms with Crippen LogP contribution in [0, 0.1) is 0 Å². The van der Waals surface area contributed by atoms with Gasteiger partial charge in [-0.1, -0.05) is 22.6 Å². The van der Waals surface area contributed by atoms with Crippen molar-refractivity contribution in [1.82, 2.24) is 5.32 Å². The monoisotopic (exact) mass is 397 g/mol. The van der Waals surface area contributed by atoms with Crippen molar-refractivity contribution in [3.63, 3.8) is 0 Å². The van der Waals surface area contributed by atoms with Gasteiger partial charge in [-0.15, -0.1) is 0 Å². The third kappa shape index (κ3) is 10.2. The lowest BCUT2D eigenvalue weighted by molar-refractivity contribution is -0.197. The van der Waals surface area contributed by atoms with Gasteiger partial charge in [-0.05, 0) is 27.7 Å². The Bertz CT molecular complexity index is 305. The van der Waals surface area contributed by atoms with Crippen LogP contribution in [-0.2, 0) is 9.47 Å². The lowest BCUT2D eigenvalue weighted by Gasteiger charge is -2.29. The summed E-state index contributed by atoms with van der Waals surface area (Å²) in [4.78, 5) is 11.4. The molecule has 0 rings (SSSR count). The van der Waals surface area contributed by atoms with Gasteiger partial charge in [0, 0.05) is 4.43 Å². The van der Waals surface area contributed by atoms with Crippen LogP contribution in [0.4, 0.5) is 18.0 Å². The van der Waals surface area contributed by atoms with E-state index in [1.807, 2.05) is 22.6 Å². The standard InChI is InChI=1S/C11H19F3INO3/c1-9(2,3)19-8(17)16-6-10(4,5-15)18-7-11(12,13)14/h5-7H2,1-4H3,(H,16,17). The van der Waals surface area contributed by atoms with Crippen LogP contribution in [0.15, 0.2) is 0 Å². The van der Waals surface area contributed by atoms with Gasteiger partial charge in [0.25, 0.3) is 0 Å². The Morgan fingerprint density at radius 1 is 1.21 bits per heavy atom. The van der Waals surface area contributed by atoms with E-state index in [1.165, 1.54) is 6.92 Å². The molecule has 8 heteroatoms. The summed E-state index contributed by atoms with van der Waals surface area (Å²) in [6.07, 6.45) is -5.07. The molecule has 0 aliphatic heterocycles. The van der Waals surface area contributed by atoms with Crippen LogP contribution in [0.2, 0.25) is 0 Å². The molecular weight excluding hydrogens is 378 g/mol. The molecular formula is C11H19F3INO3. The van der Waals surface area contributed by atoms with Gasteiger partial charge in [0.05, 0.1) is 12.1 Å². The maximum absolute atomic E-state index is 12.1. The van der Waals surface area contributed by atoms with Crippen LogP contribution >= 0.6 is 22.6 Å². The first kappa shape index (κ1) is 18.8. The molecule has 4 nitrogen and oxygen atoms in total. The van der Waals surface area contributed by atoms with E-state index >= 15 is 0 Å². The number of alkyl halides is 4. The Labute approximate surface area is 124 Å². The molecule has 0 bridgehead atoms. The van der Waals surface area contributed by atoms with Gasteiger partial charge >= 0.3 is 12.3 Å². The number of nitrogens with one attached hydrogen (secondary N) is 1. The molecule has 1 atom stereocenters. The molecule has 0 aromatic carbocycles. The van der Waals surface area contributed by atoms with Crippen molar-refractivity contribution in [3.8, 4) is 0 Å². The number of ether oxygens (including phenoxy) is 2. The zero-order valence-corrected chi connectivity index (χ0v) is 13.5. The van der Waals surface area contributed by atoms with E-state index < -0.39 is 30.1 Å². The summed E-state index contributed by atoms with van der Waals surface area (Å²) in [6.45, 7) is 5.20. The molecule has 1 unspecified atom stereocenters. The summed E-state index contributed by atoms with van der Waals surface area (Å²) in [6, 6.07) is 0. The van der Waals surface area contributed by atoms with E-state index in [1.54, 1.807) is 20.8 Å². The quantitative estimate of drug-likeness (QED) is 0.572. The number of carbonyl (C=O) groups is 1. The van der Waals surface area contributed by atoms with Gasteiger partial charge in [0.2, 0.25) is 0 Å². The Morgan fingerprint density at radius 2 is 1.74 bits per heavy atom. The number of carbonyl (C=O) groups excluding carboxylic acids is 1. The predicted octanol–water partition coefficient (Wildman–Crippen LogP) is 3.28. The van der Waals surface area contributed by atoms with Crippen LogP contribution in [0.5, 0.6) is 0 Å². The molecule has 0 heterocycles. The molecule has 0 aromatic rings. The number of hydrogen-bond donors (Lipinski definition) is 1. The van der Waals surface area contributed by atoms with E-state index in [9.17, 15) is 18.0 Å². The van der Waals surface area contributed by atoms with Crippen molar-refractivity contribution in [2.75, 3.05) is 17.6 Å². The van der Waals surface area contributed by atoms with E-state index in [2.05, 4.69) is 5.32 Å². The van der Waals surface area contributed by atoms with Gasteiger partial charge < -0.3 is 14.8 Å². The Balaban J connectivity index is 4.28. The highest BCUT2D eigenvalue weighted by Gasteiger charge is 2.34. The fourth-order valence-corrected chi connectivity index (χ4v) is 1.46. The molecule has 1 amide bonds. The normalized spacial score (nSPS) is 15.8. The van der Waals surface area contributed by atoms with Crippen molar-refractivity contribution in [3.05, 3.63) is 0 Å². The minimum absolute atomic E-state index is 0.0546. The average molecular weight is 397 g/mol. The molecule has 0 spiro atoms. The van der Waals surface area contributed by atoms with Crippen LogP contribution < -0.4 is 5.32 Å². The molecule has 19 heavy (non-hydrogen) atoms. The summed E-state index contributed by atoms with van der Waals surface area (Å²) in [5.74, 6) is 0. The smallest absolute Gasteiger partial charge is 0.411 e. The Hall–Kier alpha value is -0.250. The zero-order chi connectivity index (χ0) is 15.3. The highest BCUT2D eigenvalue weighted by atomic mass is 127. The number of hydrogen-bond acceptors (Lipinski definition) is 3. The Kier molecular flexibility index (Phi) is 6.87. The van der Waals surface area contributed by atoms with Crippen molar-refractivity contribution in [2.45, 2.75) is 45.1 Å². The predicted molar refractivity (Wildman–Crippen MR) is 73.5 cm³/mol. The second kappa shape index (κ2) is 6.96. The van der Waals surface area contributed by atoms with Gasteiger partial charge in [-0.2, -0.15) is 13.2 Å². The molecule has 0 aliphatic rings. The van der Waals surface area contributed by atoms with Crippen molar-refractivity contribution in [1.29, 1.82) is 0 Å². The number of alkyl carbamates (subject to hydrolysis) is 1. The van der Waals surface area contributed by atoms with Crippen molar-refractivity contribution < 1.29 is 27.4 Å². The van der Waals surface area contributed by atoms with E-state index in [0.29, 0.717) is 4.43 Å². The van der Waals surface area contributed by atoms with Crippen LogP contribution in [0.3, 0.4) is 0 Å². The summed E-state index contributed by atoms with van der Waals surface area (Å²) in [5, 5.41) is 2.41. The van der Waals surface area contributed by atoms with Crippen LogP contribution in [0.25, 0.3) is 0 Å². The molecule has 1 N–H and O–H groups in total. The average Bonchev–Trinajstić information content (AvgIpc) is 2.20. The molecule has 0 saturated heterocycles. The van der Waals surface area contributed by atoms with Crippen LogP contribution in [-0.4, -0.2) is 41.1 Å². The summed E-state index contributed by atoms with van der Waals surface area (Å²) in [7, 11) is 0. The summed E-state index contributed by atoms with van der Waals surface area (Å²) in [5.41, 5.74) is -1.75. The first-order chi connectivity index (χ1) is 8.37. The highest BCUT2D eigenvalue weighted by molar-refractivity contribution is 14.1. The van der Waals surface area contributed by atoms with Gasteiger partial charge in [-0.3, -0.25) is 0 Å².